The molecule has 0 unspecified atom stereocenters. The fourth-order valence-electron chi connectivity index (χ4n) is 5.71. The highest BCUT2D eigenvalue weighted by Crippen LogP contribution is 2.50. The Morgan fingerprint density at radius 2 is 1.67 bits per heavy atom. The Balaban J connectivity index is 1.60. The molecule has 2 aromatic rings. The predicted molar refractivity (Wildman–Crippen MR) is 155 cm³/mol. The van der Waals surface area contributed by atoms with Crippen LogP contribution in [-0.4, -0.2) is 41.2 Å². The number of halogens is 3. The number of allylic oxidation sites excluding steroid dienone is 4. The van der Waals surface area contributed by atoms with Crippen LogP contribution in [-0.2, 0) is 21.0 Å². The first-order valence-electron chi connectivity index (χ1n) is 12.7. The third-order valence-corrected chi connectivity index (χ3v) is 8.74. The minimum atomic E-state index is -0.998. The van der Waals surface area contributed by atoms with Gasteiger partial charge >= 0.3 is 5.97 Å². The van der Waals surface area contributed by atoms with E-state index in [1.165, 1.54) is 0 Å². The Bertz CT molecular complexity index is 1410. The highest BCUT2D eigenvalue weighted by molar-refractivity contribution is 14.1. The van der Waals surface area contributed by atoms with Crippen molar-refractivity contribution in [2.45, 2.75) is 51.0 Å². The number of carboxylic acid groups (broad SMARTS) is 1. The number of nitrogens with zero attached hydrogens (tertiary/aromatic N) is 1. The summed E-state index contributed by atoms with van der Waals surface area (Å²) in [6.07, 6.45) is 3.21. The highest BCUT2D eigenvalue weighted by Gasteiger charge is 2.44. The fraction of sp³-hybridized carbons (Fsp3) is 0.345. The summed E-state index contributed by atoms with van der Waals surface area (Å²) in [5.41, 5.74) is 4.00. The maximum Gasteiger partial charge on any atom is 0.323 e. The first kappa shape index (κ1) is 28.0. The summed E-state index contributed by atoms with van der Waals surface area (Å²) in [6, 6.07) is 8.93. The van der Waals surface area contributed by atoms with Gasteiger partial charge in [0, 0.05) is 56.9 Å². The SMILES string of the molecule is COc1cc(C2C3=C(CCCC3=O)N(CC(=O)O)C3=C2C(=O)CCC3)cc(I)c1OCc1ccc(Cl)cc1Cl. The van der Waals surface area contributed by atoms with Crippen LogP contribution in [0.1, 0.15) is 55.6 Å². The summed E-state index contributed by atoms with van der Waals surface area (Å²) >= 11 is 14.5. The minimum absolute atomic E-state index is 0.0479. The number of benzene rings is 2. The van der Waals surface area contributed by atoms with Crippen LogP contribution in [0, 0.1) is 3.57 Å². The molecule has 0 radical (unpaired) electrons. The molecule has 0 saturated heterocycles. The molecule has 7 nitrogen and oxygen atoms in total. The van der Waals surface area contributed by atoms with Crippen molar-refractivity contribution in [2.75, 3.05) is 13.7 Å². The van der Waals surface area contributed by atoms with Crippen molar-refractivity contribution in [2.24, 2.45) is 0 Å². The van der Waals surface area contributed by atoms with E-state index in [9.17, 15) is 19.5 Å². The van der Waals surface area contributed by atoms with Gasteiger partial charge in [-0.3, -0.25) is 14.4 Å². The van der Waals surface area contributed by atoms with Gasteiger partial charge in [0.25, 0.3) is 0 Å². The van der Waals surface area contributed by atoms with E-state index in [0.717, 1.165) is 26.1 Å². The molecule has 1 heterocycles. The normalized spacial score (nSPS) is 17.8. The number of carboxylic acids is 1. The summed E-state index contributed by atoms with van der Waals surface area (Å²) in [6.45, 7) is -0.0807. The van der Waals surface area contributed by atoms with Crippen molar-refractivity contribution in [1.82, 2.24) is 4.90 Å². The molecule has 2 aliphatic carbocycles. The highest BCUT2D eigenvalue weighted by atomic mass is 127. The maximum absolute atomic E-state index is 13.4. The van der Waals surface area contributed by atoms with Crippen LogP contribution in [0.25, 0.3) is 0 Å². The number of ether oxygens (including phenoxy) is 2. The molecular weight excluding hydrogens is 656 g/mol. The second-order valence-corrected chi connectivity index (χ2v) is 11.8. The maximum atomic E-state index is 13.4. The standard InChI is InChI=1S/C29H26Cl2INO6/c1-38-24-11-16(10-19(32)29(24)39-14-15-8-9-17(30)12-18(15)31)26-27-20(4-2-6-22(27)34)33(13-25(36)37)21-5-3-7-23(35)28(21)26/h8-12,26H,2-7,13-14H2,1H3,(H,36,37). The summed E-state index contributed by atoms with van der Waals surface area (Å²) in [7, 11) is 1.54. The summed E-state index contributed by atoms with van der Waals surface area (Å²) in [4.78, 5) is 40.3. The molecule has 0 fully saturated rings. The first-order chi connectivity index (χ1) is 18.7. The zero-order chi connectivity index (χ0) is 27.8. The van der Waals surface area contributed by atoms with Crippen LogP contribution in [0.15, 0.2) is 52.9 Å². The van der Waals surface area contributed by atoms with Gasteiger partial charge < -0.3 is 19.5 Å². The molecule has 5 rings (SSSR count). The Morgan fingerprint density at radius 3 is 2.23 bits per heavy atom. The van der Waals surface area contributed by atoms with Crippen LogP contribution in [0.3, 0.4) is 0 Å². The molecule has 0 amide bonds. The summed E-state index contributed by atoms with van der Waals surface area (Å²) < 4.78 is 12.6. The number of rotatable bonds is 7. The zero-order valence-corrected chi connectivity index (χ0v) is 24.9. The zero-order valence-electron chi connectivity index (χ0n) is 21.2. The largest absolute Gasteiger partial charge is 0.493 e. The molecule has 3 aliphatic rings. The van der Waals surface area contributed by atoms with Crippen molar-refractivity contribution in [3.8, 4) is 11.5 Å². The molecule has 1 aliphatic heterocycles. The Labute approximate surface area is 249 Å². The number of hydrogen-bond acceptors (Lipinski definition) is 6. The van der Waals surface area contributed by atoms with Gasteiger partial charge in [-0.25, -0.2) is 0 Å². The molecule has 204 valence electrons. The predicted octanol–water partition coefficient (Wildman–Crippen LogP) is 6.68. The molecule has 0 atom stereocenters. The van der Waals surface area contributed by atoms with Gasteiger partial charge in [-0.1, -0.05) is 29.3 Å². The van der Waals surface area contributed by atoms with Crippen molar-refractivity contribution in [3.63, 3.8) is 0 Å². The van der Waals surface area contributed by atoms with Gasteiger partial charge in [-0.05, 0) is 78.1 Å². The molecule has 0 bridgehead atoms. The van der Waals surface area contributed by atoms with E-state index in [-0.39, 0.29) is 24.7 Å². The van der Waals surface area contributed by atoms with Gasteiger partial charge in [0.05, 0.1) is 10.7 Å². The fourth-order valence-corrected chi connectivity index (χ4v) is 6.96. The topological polar surface area (TPSA) is 93.1 Å². The van der Waals surface area contributed by atoms with E-state index in [1.54, 1.807) is 30.2 Å². The number of ketones is 2. The van der Waals surface area contributed by atoms with Crippen LogP contribution < -0.4 is 9.47 Å². The lowest BCUT2D eigenvalue weighted by Gasteiger charge is -2.43. The molecule has 10 heteroatoms. The van der Waals surface area contributed by atoms with Crippen molar-refractivity contribution in [1.29, 1.82) is 0 Å². The van der Waals surface area contributed by atoms with E-state index in [2.05, 4.69) is 22.6 Å². The number of aliphatic carboxylic acids is 1. The Kier molecular flexibility index (Phi) is 8.26. The quantitative estimate of drug-likeness (QED) is 0.326. The monoisotopic (exact) mass is 681 g/mol. The van der Waals surface area contributed by atoms with Crippen LogP contribution in [0.4, 0.5) is 0 Å². The Hall–Kier alpha value is -2.56. The molecule has 2 aromatic carbocycles. The molecular formula is C29H26Cl2INO6. The second-order valence-electron chi connectivity index (χ2n) is 9.75. The second kappa shape index (κ2) is 11.5. The van der Waals surface area contributed by atoms with Gasteiger partial charge in [-0.15, -0.1) is 0 Å². The lowest BCUT2D eigenvalue weighted by atomic mass is 9.71. The summed E-state index contributed by atoms with van der Waals surface area (Å²) in [5.74, 6) is -0.693. The summed E-state index contributed by atoms with van der Waals surface area (Å²) in [5, 5.41) is 10.7. The Morgan fingerprint density at radius 1 is 1.03 bits per heavy atom. The van der Waals surface area contributed by atoms with Crippen molar-refractivity contribution in [3.05, 3.63) is 77.6 Å². The van der Waals surface area contributed by atoms with Crippen LogP contribution in [0.5, 0.6) is 11.5 Å². The van der Waals surface area contributed by atoms with Crippen molar-refractivity contribution < 1.29 is 29.0 Å². The minimum Gasteiger partial charge on any atom is -0.493 e. The van der Waals surface area contributed by atoms with E-state index >= 15 is 0 Å². The molecule has 0 spiro atoms. The number of Topliss-reactive ketones (excluding diaryl/α,β-unsaturated/α-hetero) is 2. The van der Waals surface area contributed by atoms with Gasteiger partial charge in [-0.2, -0.15) is 0 Å². The molecule has 1 N–H and O–H groups in total. The van der Waals surface area contributed by atoms with Crippen molar-refractivity contribution >= 4 is 63.3 Å². The third kappa shape index (κ3) is 5.43. The van der Waals surface area contributed by atoms with Gasteiger partial charge in [0.1, 0.15) is 13.2 Å². The number of hydrogen-bond donors (Lipinski definition) is 1. The smallest absolute Gasteiger partial charge is 0.323 e. The molecule has 39 heavy (non-hydrogen) atoms. The number of methoxy groups -OCH3 is 1. The molecule has 0 aromatic heterocycles. The first-order valence-corrected chi connectivity index (χ1v) is 14.5. The number of carbonyl (C=O) groups excluding carboxylic acids is 2. The van der Waals surface area contributed by atoms with E-state index < -0.39 is 11.9 Å². The lowest BCUT2D eigenvalue weighted by Crippen LogP contribution is -2.41. The van der Waals surface area contributed by atoms with Crippen LogP contribution in [0.2, 0.25) is 10.0 Å². The lowest BCUT2D eigenvalue weighted by molar-refractivity contribution is -0.138. The molecule has 0 saturated carbocycles. The van der Waals surface area contributed by atoms with Gasteiger partial charge in [0.2, 0.25) is 0 Å². The van der Waals surface area contributed by atoms with E-state index in [1.807, 2.05) is 12.1 Å². The van der Waals surface area contributed by atoms with Crippen LogP contribution >= 0.6 is 45.8 Å². The van der Waals surface area contributed by atoms with Gasteiger partial charge in [0.15, 0.2) is 23.1 Å². The average molecular weight is 682 g/mol. The van der Waals surface area contributed by atoms with E-state index in [0.29, 0.717) is 71.2 Å². The number of carbonyl (C=O) groups is 3. The third-order valence-electron chi connectivity index (χ3n) is 7.35. The average Bonchev–Trinajstić information content (AvgIpc) is 2.89. The van der Waals surface area contributed by atoms with E-state index in [4.69, 9.17) is 32.7 Å².